The molecule has 21 heavy (non-hydrogen) atoms. The van der Waals surface area contributed by atoms with Crippen molar-refractivity contribution in [1.82, 2.24) is 19.9 Å². The zero-order valence-electron chi connectivity index (χ0n) is 12.8. The molecular formula is C14H24N6O. The maximum absolute atomic E-state index is 5.54. The van der Waals surface area contributed by atoms with Crippen molar-refractivity contribution in [2.24, 2.45) is 5.92 Å². The minimum absolute atomic E-state index is 0.389. The Balaban J connectivity index is 1.71. The molecule has 3 aliphatic heterocycles. The van der Waals surface area contributed by atoms with E-state index in [9.17, 15) is 0 Å². The summed E-state index contributed by atoms with van der Waals surface area (Å²) < 4.78 is 5.54. The zero-order chi connectivity index (χ0) is 14.7. The monoisotopic (exact) mass is 292 g/mol. The number of aromatic nitrogens is 3. The van der Waals surface area contributed by atoms with Gasteiger partial charge in [-0.3, -0.25) is 0 Å². The summed E-state index contributed by atoms with van der Waals surface area (Å²) in [5.41, 5.74) is 0. The molecule has 1 aromatic heterocycles. The molecule has 2 bridgehead atoms. The lowest BCUT2D eigenvalue weighted by Gasteiger charge is -2.44. The van der Waals surface area contributed by atoms with Crippen molar-refractivity contribution in [2.75, 3.05) is 43.9 Å². The van der Waals surface area contributed by atoms with Crippen LogP contribution in [0.1, 0.15) is 26.2 Å². The second-order valence-electron chi connectivity index (χ2n) is 5.75. The Kier molecular flexibility index (Phi) is 4.38. The van der Waals surface area contributed by atoms with E-state index in [0.29, 0.717) is 30.6 Å². The van der Waals surface area contributed by atoms with Crippen LogP contribution in [-0.4, -0.2) is 59.2 Å². The van der Waals surface area contributed by atoms with Gasteiger partial charge in [0.2, 0.25) is 11.9 Å². The standard InChI is InChI=1S/C14H24N6O/c1-3-8-21-14-18-12(15-2)17-13(19-14)16-11-9-20-6-4-10(11)5-7-20/h10-11H,3-9H2,1-2H3,(H2,15,16,17,18,19). The Morgan fingerprint density at radius 1 is 1.19 bits per heavy atom. The van der Waals surface area contributed by atoms with Crippen LogP contribution in [-0.2, 0) is 0 Å². The van der Waals surface area contributed by atoms with Crippen molar-refractivity contribution in [3.63, 3.8) is 0 Å². The number of hydrogen-bond donors (Lipinski definition) is 2. The van der Waals surface area contributed by atoms with Crippen LogP contribution in [0.2, 0.25) is 0 Å². The van der Waals surface area contributed by atoms with Crippen LogP contribution in [0.4, 0.5) is 11.9 Å². The number of piperidine rings is 3. The molecule has 7 nitrogen and oxygen atoms in total. The number of hydrogen-bond acceptors (Lipinski definition) is 7. The first-order valence-corrected chi connectivity index (χ1v) is 7.84. The number of ether oxygens (including phenoxy) is 1. The first-order valence-electron chi connectivity index (χ1n) is 7.84. The van der Waals surface area contributed by atoms with Gasteiger partial charge < -0.3 is 20.3 Å². The van der Waals surface area contributed by atoms with Gasteiger partial charge in [0, 0.05) is 19.6 Å². The van der Waals surface area contributed by atoms with Crippen LogP contribution in [0.3, 0.4) is 0 Å². The fraction of sp³-hybridized carbons (Fsp3) is 0.786. The fourth-order valence-electron chi connectivity index (χ4n) is 3.09. The third-order valence-electron chi connectivity index (χ3n) is 4.24. The molecule has 0 radical (unpaired) electrons. The highest BCUT2D eigenvalue weighted by Gasteiger charge is 2.34. The molecule has 0 aromatic carbocycles. The van der Waals surface area contributed by atoms with Crippen LogP contribution in [0.5, 0.6) is 6.01 Å². The average molecular weight is 292 g/mol. The zero-order valence-corrected chi connectivity index (χ0v) is 12.8. The minimum Gasteiger partial charge on any atom is -0.463 e. The van der Waals surface area contributed by atoms with Gasteiger partial charge in [0.15, 0.2) is 0 Å². The van der Waals surface area contributed by atoms with Crippen LogP contribution >= 0.6 is 0 Å². The SMILES string of the molecule is CCCOc1nc(NC)nc(NC2CN3CCC2CC3)n1. The molecule has 1 atom stereocenters. The second kappa shape index (κ2) is 6.43. The van der Waals surface area contributed by atoms with Gasteiger partial charge in [0.1, 0.15) is 0 Å². The van der Waals surface area contributed by atoms with Crippen molar-refractivity contribution < 1.29 is 4.74 Å². The summed E-state index contributed by atoms with van der Waals surface area (Å²) in [4.78, 5) is 15.5. The summed E-state index contributed by atoms with van der Waals surface area (Å²) >= 11 is 0. The number of anilines is 2. The normalized spacial score (nSPS) is 27.4. The molecule has 0 spiro atoms. The summed E-state index contributed by atoms with van der Waals surface area (Å²) in [6, 6.07) is 0.818. The summed E-state index contributed by atoms with van der Waals surface area (Å²) in [5, 5.41) is 6.44. The van der Waals surface area contributed by atoms with E-state index in [1.165, 1.54) is 25.9 Å². The molecule has 7 heteroatoms. The van der Waals surface area contributed by atoms with Crippen LogP contribution in [0.15, 0.2) is 0 Å². The first-order chi connectivity index (χ1) is 10.3. The minimum atomic E-state index is 0.389. The van der Waals surface area contributed by atoms with E-state index in [-0.39, 0.29) is 0 Å². The Labute approximate surface area is 125 Å². The van der Waals surface area contributed by atoms with Crippen molar-refractivity contribution in [2.45, 2.75) is 32.2 Å². The summed E-state index contributed by atoms with van der Waals surface area (Å²) in [6.07, 6.45) is 3.46. The number of nitrogens with one attached hydrogen (secondary N) is 2. The van der Waals surface area contributed by atoms with Gasteiger partial charge in [0.05, 0.1) is 6.61 Å². The number of rotatable bonds is 6. The highest BCUT2D eigenvalue weighted by molar-refractivity contribution is 5.36. The van der Waals surface area contributed by atoms with Crippen molar-refractivity contribution >= 4 is 11.9 Å². The molecule has 3 saturated heterocycles. The lowest BCUT2D eigenvalue weighted by atomic mass is 9.84. The highest BCUT2D eigenvalue weighted by atomic mass is 16.5. The van der Waals surface area contributed by atoms with Crippen molar-refractivity contribution in [3.8, 4) is 6.01 Å². The molecule has 1 aromatic rings. The first kappa shape index (κ1) is 14.3. The molecule has 116 valence electrons. The Hall–Kier alpha value is -1.63. The van der Waals surface area contributed by atoms with Gasteiger partial charge in [0.25, 0.3) is 0 Å². The van der Waals surface area contributed by atoms with Gasteiger partial charge in [-0.1, -0.05) is 6.92 Å². The fourth-order valence-corrected chi connectivity index (χ4v) is 3.09. The Bertz CT molecular complexity index is 475. The van der Waals surface area contributed by atoms with Gasteiger partial charge in [-0.05, 0) is 38.3 Å². The smallest absolute Gasteiger partial charge is 0.323 e. The highest BCUT2D eigenvalue weighted by Crippen LogP contribution is 2.29. The Morgan fingerprint density at radius 2 is 1.95 bits per heavy atom. The van der Waals surface area contributed by atoms with Gasteiger partial charge in [-0.25, -0.2) is 0 Å². The largest absolute Gasteiger partial charge is 0.463 e. The molecule has 0 aliphatic carbocycles. The third kappa shape index (κ3) is 3.34. The summed E-state index contributed by atoms with van der Waals surface area (Å²) in [5.74, 6) is 1.88. The predicted molar refractivity (Wildman–Crippen MR) is 81.7 cm³/mol. The van der Waals surface area contributed by atoms with Gasteiger partial charge >= 0.3 is 6.01 Å². The lowest BCUT2D eigenvalue weighted by molar-refractivity contribution is 0.0971. The number of fused-ring (bicyclic) bond motifs is 3. The van der Waals surface area contributed by atoms with E-state index in [1.54, 1.807) is 7.05 Å². The van der Waals surface area contributed by atoms with Crippen LogP contribution in [0.25, 0.3) is 0 Å². The maximum atomic E-state index is 5.54. The van der Waals surface area contributed by atoms with Gasteiger partial charge in [-0.2, -0.15) is 15.0 Å². The summed E-state index contributed by atoms with van der Waals surface area (Å²) in [6.45, 7) is 6.22. The van der Waals surface area contributed by atoms with Crippen molar-refractivity contribution in [1.29, 1.82) is 0 Å². The molecule has 3 aliphatic rings. The molecule has 0 amide bonds. The molecule has 3 fully saturated rings. The third-order valence-corrected chi connectivity index (χ3v) is 4.24. The number of nitrogens with zero attached hydrogens (tertiary/aromatic N) is 4. The van der Waals surface area contributed by atoms with E-state index in [1.807, 2.05) is 0 Å². The second-order valence-corrected chi connectivity index (χ2v) is 5.75. The van der Waals surface area contributed by atoms with Gasteiger partial charge in [-0.15, -0.1) is 0 Å². The lowest BCUT2D eigenvalue weighted by Crippen LogP contribution is -2.53. The molecule has 2 N–H and O–H groups in total. The van der Waals surface area contributed by atoms with E-state index >= 15 is 0 Å². The van der Waals surface area contributed by atoms with E-state index in [2.05, 4.69) is 37.4 Å². The van der Waals surface area contributed by atoms with Crippen molar-refractivity contribution in [3.05, 3.63) is 0 Å². The average Bonchev–Trinajstić information content (AvgIpc) is 2.54. The van der Waals surface area contributed by atoms with Crippen LogP contribution in [0, 0.1) is 5.92 Å². The molecule has 1 unspecified atom stereocenters. The molecule has 0 saturated carbocycles. The van der Waals surface area contributed by atoms with E-state index in [0.717, 1.165) is 18.9 Å². The topological polar surface area (TPSA) is 75.2 Å². The predicted octanol–water partition coefficient (Wildman–Crippen LogP) is 1.21. The maximum Gasteiger partial charge on any atom is 0.323 e. The Morgan fingerprint density at radius 3 is 2.57 bits per heavy atom. The van der Waals surface area contributed by atoms with Crippen LogP contribution < -0.4 is 15.4 Å². The van der Waals surface area contributed by atoms with E-state index < -0.39 is 0 Å². The molecule has 4 heterocycles. The summed E-state index contributed by atoms with van der Waals surface area (Å²) in [7, 11) is 1.80. The molecule has 4 rings (SSSR count). The van der Waals surface area contributed by atoms with E-state index in [4.69, 9.17) is 4.74 Å². The quantitative estimate of drug-likeness (QED) is 0.816. The molecular weight excluding hydrogens is 268 g/mol.